The molecule has 1 N–H and O–H groups in total. The van der Waals surface area contributed by atoms with E-state index in [-0.39, 0.29) is 30.0 Å². The van der Waals surface area contributed by atoms with Crippen LogP contribution in [0, 0.1) is 5.95 Å². The van der Waals surface area contributed by atoms with Crippen molar-refractivity contribution in [2.24, 2.45) is 0 Å². The van der Waals surface area contributed by atoms with Crippen LogP contribution in [0.2, 0.25) is 0 Å². The van der Waals surface area contributed by atoms with Gasteiger partial charge in [-0.3, -0.25) is 9.59 Å². The molecule has 1 aromatic rings. The average Bonchev–Trinajstić information content (AvgIpc) is 2.27. The number of amides is 2. The summed E-state index contributed by atoms with van der Waals surface area (Å²) >= 11 is 0. The van der Waals surface area contributed by atoms with Crippen LogP contribution in [0.1, 0.15) is 24.2 Å². The quantitative estimate of drug-likeness (QED) is 0.808. The van der Waals surface area contributed by atoms with Crippen LogP contribution in [0.5, 0.6) is 0 Å². The van der Waals surface area contributed by atoms with Gasteiger partial charge in [-0.2, -0.15) is 4.39 Å². The van der Waals surface area contributed by atoms with Crippen LogP contribution in [0.25, 0.3) is 0 Å². The molecule has 0 spiro atoms. The molecule has 1 heterocycles. The maximum absolute atomic E-state index is 12.6. The molecular formula is C12H16FN3O2. The molecule has 2 amide bonds. The van der Waals surface area contributed by atoms with Crippen LogP contribution in [0.4, 0.5) is 4.39 Å². The lowest BCUT2D eigenvalue weighted by atomic mass is 10.2. The van der Waals surface area contributed by atoms with Gasteiger partial charge in [-0.25, -0.2) is 4.98 Å². The van der Waals surface area contributed by atoms with E-state index in [0.717, 1.165) is 12.3 Å². The van der Waals surface area contributed by atoms with Crippen molar-refractivity contribution in [3.05, 3.63) is 29.8 Å². The number of aromatic nitrogens is 1. The van der Waals surface area contributed by atoms with Crippen molar-refractivity contribution in [2.45, 2.75) is 19.9 Å². The topological polar surface area (TPSA) is 62.3 Å². The maximum atomic E-state index is 12.6. The standard InChI is InChI=1S/C12H16FN3O2/c1-8(2)15-11(17)7-16(3)12(18)9-4-5-10(13)14-6-9/h4-6,8H,7H2,1-3H3,(H,15,17). The molecule has 0 aliphatic carbocycles. The molecule has 0 unspecified atom stereocenters. The van der Waals surface area contributed by atoms with E-state index in [9.17, 15) is 14.0 Å². The summed E-state index contributed by atoms with van der Waals surface area (Å²) in [5.74, 6) is -1.26. The Bertz CT molecular complexity index is 431. The zero-order chi connectivity index (χ0) is 13.7. The lowest BCUT2D eigenvalue weighted by Gasteiger charge is -2.17. The smallest absolute Gasteiger partial charge is 0.255 e. The van der Waals surface area contributed by atoms with Crippen molar-refractivity contribution in [3.8, 4) is 0 Å². The first kappa shape index (κ1) is 14.1. The predicted octanol–water partition coefficient (Wildman–Crippen LogP) is 0.817. The van der Waals surface area contributed by atoms with Crippen molar-refractivity contribution < 1.29 is 14.0 Å². The van der Waals surface area contributed by atoms with Gasteiger partial charge in [0.25, 0.3) is 5.91 Å². The summed E-state index contributed by atoms with van der Waals surface area (Å²) in [6, 6.07) is 2.46. The molecule has 1 rings (SSSR count). The van der Waals surface area contributed by atoms with E-state index in [1.807, 2.05) is 13.8 Å². The summed E-state index contributed by atoms with van der Waals surface area (Å²) in [5, 5.41) is 2.68. The van der Waals surface area contributed by atoms with Crippen LogP contribution < -0.4 is 5.32 Å². The predicted molar refractivity (Wildman–Crippen MR) is 64.4 cm³/mol. The maximum Gasteiger partial charge on any atom is 0.255 e. The van der Waals surface area contributed by atoms with Crippen molar-refractivity contribution in [1.29, 1.82) is 0 Å². The Morgan fingerprint density at radius 2 is 2.11 bits per heavy atom. The van der Waals surface area contributed by atoms with Gasteiger partial charge in [0.05, 0.1) is 12.1 Å². The fraction of sp³-hybridized carbons (Fsp3) is 0.417. The minimum absolute atomic E-state index is 0.0217. The lowest BCUT2D eigenvalue weighted by Crippen LogP contribution is -2.40. The van der Waals surface area contributed by atoms with E-state index in [2.05, 4.69) is 10.3 Å². The van der Waals surface area contributed by atoms with Crippen LogP contribution >= 0.6 is 0 Å². The Balaban J connectivity index is 2.61. The van der Waals surface area contributed by atoms with Crippen LogP contribution in [-0.2, 0) is 4.79 Å². The van der Waals surface area contributed by atoms with E-state index < -0.39 is 5.95 Å². The molecule has 1 aromatic heterocycles. The summed E-state index contributed by atoms with van der Waals surface area (Å²) in [6.07, 6.45) is 1.15. The summed E-state index contributed by atoms with van der Waals surface area (Å²) in [4.78, 5) is 28.0. The second-order valence-electron chi connectivity index (χ2n) is 4.25. The third kappa shape index (κ3) is 4.12. The SMILES string of the molecule is CC(C)NC(=O)CN(C)C(=O)c1ccc(F)nc1. The first-order valence-corrected chi connectivity index (χ1v) is 5.56. The van der Waals surface area contributed by atoms with Gasteiger partial charge in [0.2, 0.25) is 11.9 Å². The largest absolute Gasteiger partial charge is 0.352 e. The molecule has 0 fully saturated rings. The third-order valence-corrected chi connectivity index (χ3v) is 2.15. The van der Waals surface area contributed by atoms with Crippen molar-refractivity contribution in [3.63, 3.8) is 0 Å². The highest BCUT2D eigenvalue weighted by molar-refractivity contribution is 5.96. The van der Waals surface area contributed by atoms with Crippen molar-refractivity contribution >= 4 is 11.8 Å². The average molecular weight is 253 g/mol. The summed E-state index contributed by atoms with van der Waals surface area (Å²) in [6.45, 7) is 3.63. The highest BCUT2D eigenvalue weighted by atomic mass is 19.1. The van der Waals surface area contributed by atoms with Gasteiger partial charge in [0, 0.05) is 19.3 Å². The van der Waals surface area contributed by atoms with Gasteiger partial charge in [0.15, 0.2) is 0 Å². The van der Waals surface area contributed by atoms with Crippen LogP contribution in [0.3, 0.4) is 0 Å². The number of nitrogens with zero attached hydrogens (tertiary/aromatic N) is 2. The summed E-state index contributed by atoms with van der Waals surface area (Å²) < 4.78 is 12.6. The number of rotatable bonds is 4. The second-order valence-corrected chi connectivity index (χ2v) is 4.25. The summed E-state index contributed by atoms with van der Waals surface area (Å²) in [5.41, 5.74) is 0.247. The molecule has 0 atom stereocenters. The number of pyridine rings is 1. The minimum atomic E-state index is -0.647. The minimum Gasteiger partial charge on any atom is -0.352 e. The van der Waals surface area contributed by atoms with Gasteiger partial charge >= 0.3 is 0 Å². The van der Waals surface area contributed by atoms with Crippen molar-refractivity contribution in [1.82, 2.24) is 15.2 Å². The van der Waals surface area contributed by atoms with E-state index >= 15 is 0 Å². The molecule has 18 heavy (non-hydrogen) atoms. The number of likely N-dealkylation sites (N-methyl/N-ethyl adjacent to an activating group) is 1. The van der Waals surface area contributed by atoms with Crippen molar-refractivity contribution in [2.75, 3.05) is 13.6 Å². The van der Waals surface area contributed by atoms with Gasteiger partial charge in [-0.1, -0.05) is 0 Å². The first-order chi connectivity index (χ1) is 8.40. The van der Waals surface area contributed by atoms with Gasteiger partial charge in [0.1, 0.15) is 0 Å². The first-order valence-electron chi connectivity index (χ1n) is 5.56. The molecule has 6 heteroatoms. The fourth-order valence-corrected chi connectivity index (χ4v) is 1.38. The zero-order valence-corrected chi connectivity index (χ0v) is 10.6. The second kappa shape index (κ2) is 6.09. The lowest BCUT2D eigenvalue weighted by molar-refractivity contribution is -0.122. The molecule has 0 aliphatic rings. The van der Waals surface area contributed by atoms with Gasteiger partial charge < -0.3 is 10.2 Å². The molecule has 0 saturated carbocycles. The molecular weight excluding hydrogens is 237 g/mol. The molecule has 0 bridgehead atoms. The summed E-state index contributed by atoms with van der Waals surface area (Å²) in [7, 11) is 1.51. The Morgan fingerprint density at radius 1 is 1.44 bits per heavy atom. The van der Waals surface area contributed by atoms with Gasteiger partial charge in [-0.15, -0.1) is 0 Å². The van der Waals surface area contributed by atoms with E-state index in [1.165, 1.54) is 18.0 Å². The Hall–Kier alpha value is -1.98. The number of carbonyl (C=O) groups is 2. The normalized spacial score (nSPS) is 10.3. The molecule has 5 nitrogen and oxygen atoms in total. The number of halogens is 1. The van der Waals surface area contributed by atoms with Gasteiger partial charge in [-0.05, 0) is 26.0 Å². The highest BCUT2D eigenvalue weighted by Crippen LogP contribution is 2.02. The molecule has 0 aliphatic heterocycles. The molecule has 0 saturated heterocycles. The monoisotopic (exact) mass is 253 g/mol. The third-order valence-electron chi connectivity index (χ3n) is 2.15. The Morgan fingerprint density at radius 3 is 2.61 bits per heavy atom. The van der Waals surface area contributed by atoms with Crippen LogP contribution in [-0.4, -0.2) is 41.3 Å². The van der Waals surface area contributed by atoms with E-state index in [1.54, 1.807) is 0 Å². The van der Waals surface area contributed by atoms with E-state index in [4.69, 9.17) is 0 Å². The molecule has 98 valence electrons. The molecule has 0 radical (unpaired) electrons. The Kier molecular flexibility index (Phi) is 4.76. The van der Waals surface area contributed by atoms with E-state index in [0.29, 0.717) is 0 Å². The number of carbonyl (C=O) groups excluding carboxylic acids is 2. The van der Waals surface area contributed by atoms with Crippen LogP contribution in [0.15, 0.2) is 18.3 Å². The molecule has 0 aromatic carbocycles. The highest BCUT2D eigenvalue weighted by Gasteiger charge is 2.15. The fourth-order valence-electron chi connectivity index (χ4n) is 1.38. The number of nitrogens with one attached hydrogen (secondary N) is 1. The number of hydrogen-bond donors (Lipinski definition) is 1. The zero-order valence-electron chi connectivity index (χ0n) is 10.6. The number of hydrogen-bond acceptors (Lipinski definition) is 3. The Labute approximate surface area is 105 Å².